The SMILES string of the molecule is O=C(CCc1cnn(-c2ccccc2)c1)Nc1cccc(C#Cc2cccs2)c1. The predicted molar refractivity (Wildman–Crippen MR) is 117 cm³/mol. The normalized spacial score (nSPS) is 10.2. The summed E-state index contributed by atoms with van der Waals surface area (Å²) in [6.45, 7) is 0. The van der Waals surface area contributed by atoms with Crippen LogP contribution in [0.4, 0.5) is 5.69 Å². The second-order valence-corrected chi connectivity index (χ2v) is 7.43. The van der Waals surface area contributed by atoms with Crippen molar-refractivity contribution in [3.63, 3.8) is 0 Å². The molecule has 4 nitrogen and oxygen atoms in total. The fraction of sp³-hybridized carbons (Fsp3) is 0.0833. The Balaban J connectivity index is 1.33. The molecule has 0 saturated heterocycles. The average molecular weight is 398 g/mol. The number of amides is 1. The van der Waals surface area contributed by atoms with Gasteiger partial charge in [0.2, 0.25) is 5.91 Å². The van der Waals surface area contributed by atoms with Gasteiger partial charge in [0.05, 0.1) is 16.8 Å². The van der Waals surface area contributed by atoms with Crippen LogP contribution >= 0.6 is 11.3 Å². The second kappa shape index (κ2) is 9.05. The van der Waals surface area contributed by atoms with E-state index < -0.39 is 0 Å². The molecule has 0 atom stereocenters. The highest BCUT2D eigenvalue weighted by molar-refractivity contribution is 7.10. The molecule has 0 radical (unpaired) electrons. The van der Waals surface area contributed by atoms with Crippen LogP contribution in [0, 0.1) is 11.8 Å². The summed E-state index contributed by atoms with van der Waals surface area (Å²) in [5.41, 5.74) is 3.66. The number of nitrogens with zero attached hydrogens (tertiary/aromatic N) is 2. The number of anilines is 1. The third kappa shape index (κ3) is 5.22. The van der Waals surface area contributed by atoms with Gasteiger partial charge in [-0.25, -0.2) is 4.68 Å². The molecule has 1 amide bonds. The molecule has 2 heterocycles. The summed E-state index contributed by atoms with van der Waals surface area (Å²) in [5, 5.41) is 9.33. The topological polar surface area (TPSA) is 46.9 Å². The van der Waals surface area contributed by atoms with Crippen molar-refractivity contribution in [2.24, 2.45) is 0 Å². The van der Waals surface area contributed by atoms with E-state index in [1.54, 1.807) is 17.5 Å². The van der Waals surface area contributed by atoms with Gasteiger partial charge in [-0.05, 0) is 53.8 Å². The molecule has 0 spiro atoms. The van der Waals surface area contributed by atoms with Gasteiger partial charge < -0.3 is 5.32 Å². The third-order valence-corrected chi connectivity index (χ3v) is 5.08. The minimum Gasteiger partial charge on any atom is -0.326 e. The maximum Gasteiger partial charge on any atom is 0.224 e. The number of aryl methyl sites for hydroxylation is 1. The van der Waals surface area contributed by atoms with Gasteiger partial charge in [0, 0.05) is 23.9 Å². The Morgan fingerprint density at radius 2 is 1.93 bits per heavy atom. The quantitative estimate of drug-likeness (QED) is 0.487. The Morgan fingerprint density at radius 1 is 1.03 bits per heavy atom. The molecule has 4 rings (SSSR count). The summed E-state index contributed by atoms with van der Waals surface area (Å²) in [4.78, 5) is 13.4. The zero-order valence-electron chi connectivity index (χ0n) is 15.7. The lowest BCUT2D eigenvalue weighted by Gasteiger charge is -2.05. The van der Waals surface area contributed by atoms with Crippen molar-refractivity contribution in [1.82, 2.24) is 9.78 Å². The van der Waals surface area contributed by atoms with Crippen molar-refractivity contribution >= 4 is 22.9 Å². The van der Waals surface area contributed by atoms with Gasteiger partial charge in [-0.3, -0.25) is 4.79 Å². The molecular weight excluding hydrogens is 378 g/mol. The fourth-order valence-electron chi connectivity index (χ4n) is 2.85. The molecule has 142 valence electrons. The van der Waals surface area contributed by atoms with Gasteiger partial charge in [0.25, 0.3) is 0 Å². The highest BCUT2D eigenvalue weighted by atomic mass is 32.1. The number of benzene rings is 2. The van der Waals surface area contributed by atoms with Gasteiger partial charge >= 0.3 is 0 Å². The first-order valence-electron chi connectivity index (χ1n) is 9.31. The van der Waals surface area contributed by atoms with Crippen LogP contribution in [0.3, 0.4) is 0 Å². The van der Waals surface area contributed by atoms with E-state index in [1.165, 1.54) is 0 Å². The monoisotopic (exact) mass is 397 g/mol. The smallest absolute Gasteiger partial charge is 0.224 e. The summed E-state index contributed by atoms with van der Waals surface area (Å²) in [6, 6.07) is 21.5. The minimum atomic E-state index is -0.0270. The van der Waals surface area contributed by atoms with E-state index in [2.05, 4.69) is 22.3 Å². The number of carbonyl (C=O) groups excluding carboxylic acids is 1. The van der Waals surface area contributed by atoms with Crippen molar-refractivity contribution in [3.05, 3.63) is 101 Å². The first kappa shape index (κ1) is 18.7. The maximum absolute atomic E-state index is 12.3. The Kier molecular flexibility index (Phi) is 5.84. The van der Waals surface area contributed by atoms with Crippen LogP contribution in [0.2, 0.25) is 0 Å². The van der Waals surface area contributed by atoms with Crippen molar-refractivity contribution in [3.8, 4) is 17.5 Å². The molecule has 1 N–H and O–H groups in total. The van der Waals surface area contributed by atoms with E-state index in [9.17, 15) is 4.79 Å². The molecule has 2 aromatic carbocycles. The van der Waals surface area contributed by atoms with Gasteiger partial charge in [0.15, 0.2) is 0 Å². The second-order valence-electron chi connectivity index (χ2n) is 6.48. The highest BCUT2D eigenvalue weighted by Crippen LogP contribution is 2.13. The van der Waals surface area contributed by atoms with E-state index in [-0.39, 0.29) is 5.91 Å². The molecule has 0 aliphatic heterocycles. The molecule has 0 bridgehead atoms. The first-order chi connectivity index (χ1) is 14.3. The number of hydrogen-bond donors (Lipinski definition) is 1. The summed E-state index contributed by atoms with van der Waals surface area (Å²) in [6.07, 6.45) is 4.80. The molecule has 0 aliphatic rings. The molecule has 0 unspecified atom stereocenters. The summed E-state index contributed by atoms with van der Waals surface area (Å²) in [5.74, 6) is 6.24. The van der Waals surface area contributed by atoms with E-state index >= 15 is 0 Å². The fourth-order valence-corrected chi connectivity index (χ4v) is 3.42. The maximum atomic E-state index is 12.3. The Hall–Kier alpha value is -3.62. The Bertz CT molecular complexity index is 1150. The summed E-state index contributed by atoms with van der Waals surface area (Å²) >= 11 is 1.61. The number of aromatic nitrogens is 2. The summed E-state index contributed by atoms with van der Waals surface area (Å²) in [7, 11) is 0. The van der Waals surface area contributed by atoms with Crippen molar-refractivity contribution in [2.75, 3.05) is 5.32 Å². The van der Waals surface area contributed by atoms with Crippen LogP contribution in [0.25, 0.3) is 5.69 Å². The standard InChI is InChI=1S/C24H19N3OS/c28-24(14-12-20-17-25-27(18-20)22-8-2-1-3-9-22)26-21-7-4-6-19(16-21)11-13-23-10-5-15-29-23/h1-10,15-18H,12,14H2,(H,26,28). The predicted octanol–water partition coefficient (Wildman–Crippen LogP) is 4.90. The Labute approximate surface area is 173 Å². The van der Waals surface area contributed by atoms with E-state index in [0.29, 0.717) is 12.8 Å². The molecule has 0 saturated carbocycles. The van der Waals surface area contributed by atoms with E-state index in [4.69, 9.17) is 0 Å². The lowest BCUT2D eigenvalue weighted by molar-refractivity contribution is -0.116. The number of para-hydroxylation sites is 1. The van der Waals surface area contributed by atoms with Crippen molar-refractivity contribution in [2.45, 2.75) is 12.8 Å². The number of thiophene rings is 1. The van der Waals surface area contributed by atoms with Crippen LogP contribution in [-0.4, -0.2) is 15.7 Å². The zero-order chi connectivity index (χ0) is 19.9. The molecule has 2 aromatic heterocycles. The van der Waals surface area contributed by atoms with Gasteiger partial charge in [-0.2, -0.15) is 5.10 Å². The average Bonchev–Trinajstić information content (AvgIpc) is 3.44. The van der Waals surface area contributed by atoms with Crippen LogP contribution in [0.5, 0.6) is 0 Å². The molecule has 0 aliphatic carbocycles. The molecule has 4 aromatic rings. The zero-order valence-corrected chi connectivity index (χ0v) is 16.5. The van der Waals surface area contributed by atoms with Crippen LogP contribution < -0.4 is 5.32 Å². The molecule has 29 heavy (non-hydrogen) atoms. The number of carbonyl (C=O) groups is 1. The largest absolute Gasteiger partial charge is 0.326 e. The number of nitrogens with one attached hydrogen (secondary N) is 1. The molecule has 0 fully saturated rings. The van der Waals surface area contributed by atoms with Crippen molar-refractivity contribution in [1.29, 1.82) is 0 Å². The van der Waals surface area contributed by atoms with Crippen LogP contribution in [0.15, 0.2) is 84.5 Å². The van der Waals surface area contributed by atoms with E-state index in [1.807, 2.05) is 83.0 Å². The summed E-state index contributed by atoms with van der Waals surface area (Å²) < 4.78 is 1.82. The van der Waals surface area contributed by atoms with Crippen LogP contribution in [-0.2, 0) is 11.2 Å². The van der Waals surface area contributed by atoms with E-state index in [0.717, 1.165) is 27.4 Å². The lowest BCUT2D eigenvalue weighted by Crippen LogP contribution is -2.12. The highest BCUT2D eigenvalue weighted by Gasteiger charge is 2.06. The van der Waals surface area contributed by atoms with Crippen molar-refractivity contribution < 1.29 is 4.79 Å². The molecule has 5 heteroatoms. The number of hydrogen-bond acceptors (Lipinski definition) is 3. The lowest BCUT2D eigenvalue weighted by atomic mass is 10.1. The minimum absolute atomic E-state index is 0.0270. The van der Waals surface area contributed by atoms with Gasteiger partial charge in [-0.1, -0.05) is 42.2 Å². The Morgan fingerprint density at radius 3 is 2.76 bits per heavy atom. The van der Waals surface area contributed by atoms with Gasteiger partial charge in [-0.15, -0.1) is 11.3 Å². The van der Waals surface area contributed by atoms with Crippen LogP contribution in [0.1, 0.15) is 22.4 Å². The first-order valence-corrected chi connectivity index (χ1v) is 10.2. The van der Waals surface area contributed by atoms with Gasteiger partial charge in [0.1, 0.15) is 0 Å². The number of rotatable bonds is 5. The third-order valence-electron chi connectivity index (χ3n) is 4.30. The molecular formula is C24H19N3OS.